The van der Waals surface area contributed by atoms with E-state index < -0.39 is 0 Å². The van der Waals surface area contributed by atoms with Crippen LogP contribution in [-0.2, 0) is 0 Å². The van der Waals surface area contributed by atoms with Crippen molar-refractivity contribution < 1.29 is 9.21 Å². The maximum atomic E-state index is 12.7. The fourth-order valence-corrected chi connectivity index (χ4v) is 3.84. The molecular weight excluding hydrogens is 298 g/mol. The number of amides is 1. The third-order valence-corrected chi connectivity index (χ3v) is 5.22. The Hall–Kier alpha value is -2.29. The second kappa shape index (κ2) is 6.31. The molecule has 0 atom stereocenters. The first kappa shape index (κ1) is 15.3. The molecule has 3 aromatic rings. The normalized spacial score (nSPS) is 16.4. The lowest BCUT2D eigenvalue weighted by Crippen LogP contribution is -2.34. The van der Waals surface area contributed by atoms with Crippen LogP contribution in [0.1, 0.15) is 54.6 Å². The van der Waals surface area contributed by atoms with Gasteiger partial charge in [-0.3, -0.25) is 4.79 Å². The number of fused-ring (bicyclic) bond motifs is 3. The van der Waals surface area contributed by atoms with Crippen LogP contribution in [0.3, 0.4) is 0 Å². The van der Waals surface area contributed by atoms with E-state index in [1.165, 1.54) is 25.7 Å². The molecule has 24 heavy (non-hydrogen) atoms. The van der Waals surface area contributed by atoms with Crippen LogP contribution in [0.5, 0.6) is 0 Å². The van der Waals surface area contributed by atoms with Crippen LogP contribution in [0.4, 0.5) is 0 Å². The number of nitrogens with one attached hydrogen (secondary N) is 1. The van der Waals surface area contributed by atoms with Gasteiger partial charge in [0.2, 0.25) is 0 Å². The number of aryl methyl sites for hydroxylation is 1. The molecule has 1 heterocycles. The van der Waals surface area contributed by atoms with Crippen molar-refractivity contribution in [2.75, 3.05) is 0 Å². The number of carbonyl (C=O) groups excluding carboxylic acids is 1. The molecule has 3 nitrogen and oxygen atoms in total. The van der Waals surface area contributed by atoms with E-state index >= 15 is 0 Å². The van der Waals surface area contributed by atoms with E-state index in [1.807, 2.05) is 25.1 Å². The highest BCUT2D eigenvalue weighted by Crippen LogP contribution is 2.32. The molecule has 1 aliphatic carbocycles. The molecule has 2 aromatic carbocycles. The SMILES string of the molecule is Cc1c(C(=O)NC2CCCCCC2)oc2c1ccc1ccccc12. The van der Waals surface area contributed by atoms with Crippen LogP contribution in [0.25, 0.3) is 21.7 Å². The van der Waals surface area contributed by atoms with Gasteiger partial charge < -0.3 is 9.73 Å². The molecule has 0 radical (unpaired) electrons. The van der Waals surface area contributed by atoms with Crippen molar-refractivity contribution in [3.63, 3.8) is 0 Å². The van der Waals surface area contributed by atoms with Crippen molar-refractivity contribution in [3.05, 3.63) is 47.7 Å². The fourth-order valence-electron chi connectivity index (χ4n) is 3.84. The van der Waals surface area contributed by atoms with Gasteiger partial charge in [-0.1, -0.05) is 62.1 Å². The molecule has 124 valence electrons. The molecular formula is C21H23NO2. The van der Waals surface area contributed by atoms with Crippen molar-refractivity contribution in [2.24, 2.45) is 0 Å². The quantitative estimate of drug-likeness (QED) is 0.647. The summed E-state index contributed by atoms with van der Waals surface area (Å²) in [6.07, 6.45) is 7.12. The lowest BCUT2D eigenvalue weighted by Gasteiger charge is -2.15. The number of hydrogen-bond donors (Lipinski definition) is 1. The highest BCUT2D eigenvalue weighted by atomic mass is 16.3. The van der Waals surface area contributed by atoms with Crippen molar-refractivity contribution in [1.29, 1.82) is 0 Å². The molecule has 1 saturated carbocycles. The maximum Gasteiger partial charge on any atom is 0.287 e. The topological polar surface area (TPSA) is 42.2 Å². The summed E-state index contributed by atoms with van der Waals surface area (Å²) in [6.45, 7) is 1.97. The summed E-state index contributed by atoms with van der Waals surface area (Å²) in [6, 6.07) is 12.6. The van der Waals surface area contributed by atoms with Crippen LogP contribution in [0.2, 0.25) is 0 Å². The van der Waals surface area contributed by atoms with Gasteiger partial charge in [0, 0.05) is 22.4 Å². The summed E-state index contributed by atoms with van der Waals surface area (Å²) in [5.74, 6) is 0.394. The van der Waals surface area contributed by atoms with Crippen LogP contribution in [-0.4, -0.2) is 11.9 Å². The zero-order valence-corrected chi connectivity index (χ0v) is 14.1. The third kappa shape index (κ3) is 2.68. The first-order valence-electron chi connectivity index (χ1n) is 8.96. The molecule has 1 N–H and O–H groups in total. The Morgan fingerprint density at radius 2 is 1.75 bits per heavy atom. The zero-order valence-electron chi connectivity index (χ0n) is 14.1. The van der Waals surface area contributed by atoms with Gasteiger partial charge in [-0.2, -0.15) is 0 Å². The number of furan rings is 1. The Labute approximate surface area is 142 Å². The van der Waals surface area contributed by atoms with Gasteiger partial charge in [-0.25, -0.2) is 0 Å². The van der Waals surface area contributed by atoms with Crippen molar-refractivity contribution in [2.45, 2.75) is 51.5 Å². The van der Waals surface area contributed by atoms with E-state index in [0.29, 0.717) is 5.76 Å². The van der Waals surface area contributed by atoms with Crippen molar-refractivity contribution >= 4 is 27.6 Å². The van der Waals surface area contributed by atoms with E-state index in [9.17, 15) is 4.79 Å². The number of carbonyl (C=O) groups is 1. The van der Waals surface area contributed by atoms with Crippen molar-refractivity contribution in [3.8, 4) is 0 Å². The predicted octanol–water partition coefficient (Wildman–Crippen LogP) is 5.35. The standard InChI is InChI=1S/C21H23NO2/c1-14-17-13-12-15-8-6-7-11-18(15)20(17)24-19(14)21(23)22-16-9-4-2-3-5-10-16/h6-8,11-13,16H,2-5,9-10H2,1H3,(H,22,23). The second-order valence-corrected chi connectivity index (χ2v) is 6.88. The summed E-state index contributed by atoms with van der Waals surface area (Å²) in [5, 5.41) is 6.42. The molecule has 1 amide bonds. The van der Waals surface area contributed by atoms with Gasteiger partial charge in [0.15, 0.2) is 5.76 Å². The molecule has 0 unspecified atom stereocenters. The minimum absolute atomic E-state index is 0.0697. The second-order valence-electron chi connectivity index (χ2n) is 6.88. The molecule has 1 aliphatic rings. The molecule has 0 bridgehead atoms. The molecule has 0 spiro atoms. The summed E-state index contributed by atoms with van der Waals surface area (Å²) in [4.78, 5) is 12.7. The van der Waals surface area contributed by atoms with Gasteiger partial charge >= 0.3 is 0 Å². The first-order valence-corrected chi connectivity index (χ1v) is 8.96. The summed E-state index contributed by atoms with van der Waals surface area (Å²) in [7, 11) is 0. The Morgan fingerprint density at radius 3 is 2.54 bits per heavy atom. The van der Waals surface area contributed by atoms with E-state index in [4.69, 9.17) is 4.42 Å². The van der Waals surface area contributed by atoms with E-state index in [0.717, 1.165) is 40.1 Å². The van der Waals surface area contributed by atoms with E-state index in [-0.39, 0.29) is 11.9 Å². The maximum absolute atomic E-state index is 12.7. The Bertz CT molecular complexity index is 885. The zero-order chi connectivity index (χ0) is 16.5. The Morgan fingerprint density at radius 1 is 1.00 bits per heavy atom. The monoisotopic (exact) mass is 321 g/mol. The van der Waals surface area contributed by atoms with Crippen LogP contribution < -0.4 is 5.32 Å². The first-order chi connectivity index (χ1) is 11.7. The van der Waals surface area contributed by atoms with Gasteiger partial charge in [-0.05, 0) is 25.2 Å². The van der Waals surface area contributed by atoms with Crippen LogP contribution in [0.15, 0.2) is 40.8 Å². The van der Waals surface area contributed by atoms with E-state index in [2.05, 4.69) is 23.5 Å². The Balaban J connectivity index is 1.69. The predicted molar refractivity (Wildman–Crippen MR) is 97.4 cm³/mol. The number of hydrogen-bond acceptors (Lipinski definition) is 2. The Kier molecular flexibility index (Phi) is 4.01. The summed E-state index contributed by atoms with van der Waals surface area (Å²) >= 11 is 0. The summed E-state index contributed by atoms with van der Waals surface area (Å²) < 4.78 is 6.03. The molecule has 0 saturated heterocycles. The fraction of sp³-hybridized carbons (Fsp3) is 0.381. The van der Waals surface area contributed by atoms with Gasteiger partial charge in [0.25, 0.3) is 5.91 Å². The summed E-state index contributed by atoms with van der Waals surface area (Å²) in [5.41, 5.74) is 1.75. The van der Waals surface area contributed by atoms with Crippen molar-refractivity contribution in [1.82, 2.24) is 5.32 Å². The highest BCUT2D eigenvalue weighted by Gasteiger charge is 2.22. The van der Waals surface area contributed by atoms with Crippen LogP contribution >= 0.6 is 0 Å². The molecule has 4 rings (SSSR count). The molecule has 0 aliphatic heterocycles. The average Bonchev–Trinajstić information content (AvgIpc) is 2.77. The minimum atomic E-state index is -0.0697. The van der Waals surface area contributed by atoms with Gasteiger partial charge in [0.1, 0.15) is 5.58 Å². The number of benzene rings is 2. The highest BCUT2D eigenvalue weighted by molar-refractivity contribution is 6.08. The minimum Gasteiger partial charge on any atom is -0.450 e. The lowest BCUT2D eigenvalue weighted by molar-refractivity contribution is 0.0906. The van der Waals surface area contributed by atoms with Crippen LogP contribution in [0, 0.1) is 6.92 Å². The largest absolute Gasteiger partial charge is 0.450 e. The van der Waals surface area contributed by atoms with Gasteiger partial charge in [-0.15, -0.1) is 0 Å². The molecule has 1 fully saturated rings. The third-order valence-electron chi connectivity index (χ3n) is 5.22. The smallest absolute Gasteiger partial charge is 0.287 e. The average molecular weight is 321 g/mol. The van der Waals surface area contributed by atoms with Gasteiger partial charge in [0.05, 0.1) is 0 Å². The number of rotatable bonds is 2. The van der Waals surface area contributed by atoms with E-state index in [1.54, 1.807) is 0 Å². The molecule has 3 heteroatoms. The molecule has 1 aromatic heterocycles. The lowest BCUT2D eigenvalue weighted by atomic mass is 10.1.